The second kappa shape index (κ2) is 3.80. The number of hydrogen-bond acceptors (Lipinski definition) is 3. The van der Waals surface area contributed by atoms with E-state index in [2.05, 4.69) is 5.10 Å². The number of rotatable bonds is 3. The van der Waals surface area contributed by atoms with Crippen LogP contribution < -0.4 is 4.74 Å². The van der Waals surface area contributed by atoms with Gasteiger partial charge in [0.1, 0.15) is 6.61 Å². The molecule has 1 amide bonds. The van der Waals surface area contributed by atoms with Gasteiger partial charge in [-0.3, -0.25) is 4.68 Å². The zero-order valence-electron chi connectivity index (χ0n) is 8.46. The standard InChI is InChI=1S/C9H13N3O3/c1-11-5-8(4-10-11)15-6-7-2-3-12(7)9(13)14/h4-5,7H,2-3,6H2,1H3,(H,13,14)/t7-/m1/s1. The summed E-state index contributed by atoms with van der Waals surface area (Å²) < 4.78 is 7.07. The van der Waals surface area contributed by atoms with Crippen LogP contribution in [0.2, 0.25) is 0 Å². The summed E-state index contributed by atoms with van der Waals surface area (Å²) >= 11 is 0. The molecule has 0 spiro atoms. The van der Waals surface area contributed by atoms with Crippen LogP contribution >= 0.6 is 0 Å². The van der Waals surface area contributed by atoms with Crippen molar-refractivity contribution in [2.24, 2.45) is 7.05 Å². The Balaban J connectivity index is 1.81. The second-order valence-electron chi connectivity index (χ2n) is 3.58. The predicted octanol–water partition coefficient (Wildman–Crippen LogP) is 0.551. The molecule has 1 aliphatic heterocycles. The van der Waals surface area contributed by atoms with E-state index in [9.17, 15) is 4.79 Å². The molecule has 1 aliphatic rings. The minimum atomic E-state index is -0.874. The fourth-order valence-corrected chi connectivity index (χ4v) is 1.53. The van der Waals surface area contributed by atoms with Gasteiger partial charge in [0.2, 0.25) is 0 Å². The molecule has 82 valence electrons. The highest BCUT2D eigenvalue weighted by atomic mass is 16.5. The van der Waals surface area contributed by atoms with Gasteiger partial charge in [-0.25, -0.2) is 4.79 Å². The molecule has 2 heterocycles. The molecule has 0 aromatic carbocycles. The summed E-state index contributed by atoms with van der Waals surface area (Å²) in [6.45, 7) is 1.01. The molecule has 0 bridgehead atoms. The van der Waals surface area contributed by atoms with Gasteiger partial charge in [0.25, 0.3) is 0 Å². The van der Waals surface area contributed by atoms with Gasteiger partial charge in [-0.2, -0.15) is 5.10 Å². The summed E-state index contributed by atoms with van der Waals surface area (Å²) in [6.07, 6.45) is 3.36. The quantitative estimate of drug-likeness (QED) is 0.792. The molecule has 15 heavy (non-hydrogen) atoms. The number of hydrogen-bond donors (Lipinski definition) is 1. The molecule has 6 nitrogen and oxygen atoms in total. The highest BCUT2D eigenvalue weighted by Gasteiger charge is 2.32. The Labute approximate surface area is 87.1 Å². The smallest absolute Gasteiger partial charge is 0.407 e. The molecule has 0 unspecified atom stereocenters. The van der Waals surface area contributed by atoms with Crippen LogP contribution in [0.25, 0.3) is 0 Å². The van der Waals surface area contributed by atoms with E-state index in [4.69, 9.17) is 9.84 Å². The molecule has 1 atom stereocenters. The third-order valence-electron chi connectivity index (χ3n) is 2.51. The first-order chi connectivity index (χ1) is 7.16. The Morgan fingerprint density at radius 3 is 3.07 bits per heavy atom. The topological polar surface area (TPSA) is 67.6 Å². The Hall–Kier alpha value is -1.72. The largest absolute Gasteiger partial charge is 0.488 e. The number of carbonyl (C=O) groups is 1. The van der Waals surface area contributed by atoms with Crippen LogP contribution in [0.3, 0.4) is 0 Å². The first kappa shape index (κ1) is 9.82. The molecule has 0 radical (unpaired) electrons. The van der Waals surface area contributed by atoms with E-state index in [0.717, 1.165) is 6.42 Å². The predicted molar refractivity (Wildman–Crippen MR) is 51.8 cm³/mol. The van der Waals surface area contributed by atoms with Gasteiger partial charge in [0.15, 0.2) is 5.75 Å². The zero-order chi connectivity index (χ0) is 10.8. The van der Waals surface area contributed by atoms with Gasteiger partial charge in [-0.1, -0.05) is 0 Å². The Kier molecular flexibility index (Phi) is 2.49. The molecule has 0 aliphatic carbocycles. The average molecular weight is 211 g/mol. The number of nitrogens with zero attached hydrogens (tertiary/aromatic N) is 3. The minimum Gasteiger partial charge on any atom is -0.488 e. The van der Waals surface area contributed by atoms with Crippen LogP contribution in [0.5, 0.6) is 5.75 Å². The Morgan fingerprint density at radius 2 is 2.60 bits per heavy atom. The highest BCUT2D eigenvalue weighted by Crippen LogP contribution is 2.18. The van der Waals surface area contributed by atoms with Crippen LogP contribution in [0.15, 0.2) is 12.4 Å². The van der Waals surface area contributed by atoms with Crippen LogP contribution in [-0.4, -0.2) is 45.1 Å². The molecule has 1 aromatic heterocycles. The monoisotopic (exact) mass is 211 g/mol. The molecule has 2 rings (SSSR count). The lowest BCUT2D eigenvalue weighted by Gasteiger charge is -2.38. The molecule has 6 heteroatoms. The summed E-state index contributed by atoms with van der Waals surface area (Å²) in [4.78, 5) is 12.0. The van der Waals surface area contributed by atoms with Crippen molar-refractivity contribution in [3.8, 4) is 5.75 Å². The fourth-order valence-electron chi connectivity index (χ4n) is 1.53. The molecular weight excluding hydrogens is 198 g/mol. The lowest BCUT2D eigenvalue weighted by molar-refractivity contribution is 0.0499. The van der Waals surface area contributed by atoms with Crippen LogP contribution in [-0.2, 0) is 7.05 Å². The van der Waals surface area contributed by atoms with Crippen molar-refractivity contribution in [1.82, 2.24) is 14.7 Å². The number of amides is 1. The lowest BCUT2D eigenvalue weighted by atomic mass is 10.1. The maximum absolute atomic E-state index is 10.7. The second-order valence-corrected chi connectivity index (χ2v) is 3.58. The first-order valence-electron chi connectivity index (χ1n) is 4.78. The fraction of sp³-hybridized carbons (Fsp3) is 0.556. The number of aryl methyl sites for hydroxylation is 1. The number of likely N-dealkylation sites (tertiary alicyclic amines) is 1. The molecular formula is C9H13N3O3. The van der Waals surface area contributed by atoms with E-state index in [1.165, 1.54) is 4.90 Å². The van der Waals surface area contributed by atoms with Gasteiger partial charge in [-0.05, 0) is 6.42 Å². The maximum atomic E-state index is 10.7. The van der Waals surface area contributed by atoms with Crippen LogP contribution in [0, 0.1) is 0 Å². The van der Waals surface area contributed by atoms with Gasteiger partial charge in [0.05, 0.1) is 18.4 Å². The van der Waals surface area contributed by atoms with Crippen molar-refractivity contribution >= 4 is 6.09 Å². The van der Waals surface area contributed by atoms with Crippen molar-refractivity contribution in [3.63, 3.8) is 0 Å². The van der Waals surface area contributed by atoms with E-state index in [1.54, 1.807) is 24.1 Å². The summed E-state index contributed by atoms with van der Waals surface area (Å²) in [7, 11) is 1.81. The third kappa shape index (κ3) is 2.03. The average Bonchev–Trinajstić information content (AvgIpc) is 2.48. The number of carboxylic acid groups (broad SMARTS) is 1. The number of ether oxygens (including phenoxy) is 1. The van der Waals surface area contributed by atoms with E-state index in [0.29, 0.717) is 18.9 Å². The van der Waals surface area contributed by atoms with Crippen LogP contribution in [0.1, 0.15) is 6.42 Å². The van der Waals surface area contributed by atoms with E-state index in [-0.39, 0.29) is 6.04 Å². The van der Waals surface area contributed by atoms with E-state index in [1.807, 2.05) is 0 Å². The minimum absolute atomic E-state index is 0.0114. The van der Waals surface area contributed by atoms with Gasteiger partial charge in [0, 0.05) is 13.6 Å². The normalized spacial score (nSPS) is 19.8. The first-order valence-corrected chi connectivity index (χ1v) is 4.78. The van der Waals surface area contributed by atoms with Crippen LogP contribution in [0.4, 0.5) is 4.79 Å². The Morgan fingerprint density at radius 1 is 1.80 bits per heavy atom. The maximum Gasteiger partial charge on any atom is 0.407 e. The third-order valence-corrected chi connectivity index (χ3v) is 2.51. The lowest BCUT2D eigenvalue weighted by Crippen LogP contribution is -2.53. The van der Waals surface area contributed by atoms with Gasteiger partial charge >= 0.3 is 6.09 Å². The van der Waals surface area contributed by atoms with Crippen molar-refractivity contribution < 1.29 is 14.6 Å². The van der Waals surface area contributed by atoms with Crippen molar-refractivity contribution in [2.75, 3.05) is 13.2 Å². The summed E-state index contributed by atoms with van der Waals surface area (Å²) in [5, 5.41) is 12.7. The summed E-state index contributed by atoms with van der Waals surface area (Å²) in [5.74, 6) is 0.676. The molecule has 0 saturated carbocycles. The highest BCUT2D eigenvalue weighted by molar-refractivity contribution is 5.66. The van der Waals surface area contributed by atoms with Crippen molar-refractivity contribution in [2.45, 2.75) is 12.5 Å². The molecule has 1 fully saturated rings. The van der Waals surface area contributed by atoms with Crippen molar-refractivity contribution in [3.05, 3.63) is 12.4 Å². The molecule has 1 saturated heterocycles. The zero-order valence-corrected chi connectivity index (χ0v) is 8.46. The SMILES string of the molecule is Cn1cc(OC[C@H]2CCN2C(=O)O)cn1. The summed E-state index contributed by atoms with van der Waals surface area (Å²) in [6, 6.07) is -0.0114. The van der Waals surface area contributed by atoms with E-state index < -0.39 is 6.09 Å². The number of aromatic nitrogens is 2. The molecule has 1 N–H and O–H groups in total. The van der Waals surface area contributed by atoms with E-state index >= 15 is 0 Å². The van der Waals surface area contributed by atoms with Gasteiger partial charge in [-0.15, -0.1) is 0 Å². The molecule has 1 aromatic rings. The summed E-state index contributed by atoms with van der Waals surface area (Å²) in [5.41, 5.74) is 0. The Bertz CT molecular complexity index is 363. The van der Waals surface area contributed by atoms with Crippen molar-refractivity contribution in [1.29, 1.82) is 0 Å². The van der Waals surface area contributed by atoms with Gasteiger partial charge < -0.3 is 14.7 Å².